The van der Waals surface area contributed by atoms with E-state index in [2.05, 4.69) is 39.0 Å². The van der Waals surface area contributed by atoms with Crippen LogP contribution in [0, 0.1) is 0 Å². The van der Waals surface area contributed by atoms with E-state index in [4.69, 9.17) is 4.74 Å². The molecular formula is C24H28N4O2S. The predicted molar refractivity (Wildman–Crippen MR) is 123 cm³/mol. The molecule has 2 aliphatic heterocycles. The van der Waals surface area contributed by atoms with Gasteiger partial charge in [0.05, 0.1) is 29.9 Å². The van der Waals surface area contributed by atoms with Crippen LogP contribution in [0.15, 0.2) is 42.5 Å². The number of para-hydroxylation sites is 1. The van der Waals surface area contributed by atoms with Gasteiger partial charge in [-0.15, -0.1) is 11.3 Å². The maximum Gasteiger partial charge on any atom is 0.236 e. The number of likely N-dealkylation sites (N-methyl/N-ethyl adjacent to an activating group) is 1. The summed E-state index contributed by atoms with van der Waals surface area (Å²) in [7, 11) is 1.88. The summed E-state index contributed by atoms with van der Waals surface area (Å²) in [4.78, 5) is 23.9. The molecule has 0 atom stereocenters. The molecule has 0 N–H and O–H groups in total. The molecule has 6 nitrogen and oxygen atoms in total. The number of nitrogens with zero attached hydrogens (tertiary/aromatic N) is 4. The second kappa shape index (κ2) is 8.94. The smallest absolute Gasteiger partial charge is 0.236 e. The number of thiazole rings is 1. The molecule has 1 saturated heterocycles. The maximum atomic E-state index is 12.7. The minimum atomic E-state index is 0.159. The molecule has 31 heavy (non-hydrogen) atoms. The average Bonchev–Trinajstić information content (AvgIpc) is 3.40. The van der Waals surface area contributed by atoms with Crippen molar-refractivity contribution in [3.63, 3.8) is 0 Å². The number of rotatable bonds is 6. The predicted octanol–water partition coefficient (Wildman–Crippen LogP) is 3.01. The molecule has 0 aliphatic carbocycles. The Labute approximate surface area is 187 Å². The van der Waals surface area contributed by atoms with Gasteiger partial charge in [0.25, 0.3) is 0 Å². The summed E-state index contributed by atoms with van der Waals surface area (Å²) in [5, 5.41) is 0.988. The van der Waals surface area contributed by atoms with Crippen molar-refractivity contribution in [1.29, 1.82) is 0 Å². The van der Waals surface area contributed by atoms with E-state index < -0.39 is 0 Å². The summed E-state index contributed by atoms with van der Waals surface area (Å²) in [6.07, 6.45) is 1.02. The van der Waals surface area contributed by atoms with Crippen molar-refractivity contribution in [2.24, 2.45) is 0 Å². The maximum absolute atomic E-state index is 12.7. The Hall–Kier alpha value is -2.48. The fraction of sp³-hybridized carbons (Fsp3) is 0.417. The van der Waals surface area contributed by atoms with Crippen LogP contribution < -0.4 is 4.74 Å². The topological polar surface area (TPSA) is 48.9 Å². The number of amides is 1. The number of carbonyl (C=O) groups excluding carboxylic acids is 1. The van der Waals surface area contributed by atoms with Crippen LogP contribution in [-0.2, 0) is 24.3 Å². The van der Waals surface area contributed by atoms with Crippen molar-refractivity contribution in [2.45, 2.75) is 19.5 Å². The normalized spacial score (nSPS) is 16.9. The molecule has 2 aromatic carbocycles. The number of fused-ring (bicyclic) bond motifs is 2. The molecule has 0 radical (unpaired) electrons. The zero-order chi connectivity index (χ0) is 21.2. The van der Waals surface area contributed by atoms with Gasteiger partial charge in [0.1, 0.15) is 10.8 Å². The number of carbonyl (C=O) groups is 1. The van der Waals surface area contributed by atoms with E-state index in [1.54, 1.807) is 16.2 Å². The van der Waals surface area contributed by atoms with Crippen LogP contribution in [0.1, 0.15) is 16.1 Å². The first-order chi connectivity index (χ1) is 15.1. The van der Waals surface area contributed by atoms with E-state index in [1.165, 1.54) is 15.8 Å². The minimum Gasteiger partial charge on any atom is -0.493 e. The molecule has 0 saturated carbocycles. The quantitative estimate of drug-likeness (QED) is 0.595. The van der Waals surface area contributed by atoms with Gasteiger partial charge in [0, 0.05) is 46.2 Å². The zero-order valence-electron chi connectivity index (χ0n) is 17.9. The Bertz CT molecular complexity index is 1040. The number of piperazine rings is 1. The molecule has 2 aliphatic rings. The summed E-state index contributed by atoms with van der Waals surface area (Å²) >= 11 is 1.66. The van der Waals surface area contributed by atoms with Gasteiger partial charge in [-0.25, -0.2) is 4.98 Å². The van der Waals surface area contributed by atoms with Crippen LogP contribution in [0.2, 0.25) is 0 Å². The highest BCUT2D eigenvalue weighted by Crippen LogP contribution is 2.26. The van der Waals surface area contributed by atoms with Gasteiger partial charge in [0.15, 0.2) is 0 Å². The van der Waals surface area contributed by atoms with Gasteiger partial charge in [-0.05, 0) is 29.3 Å². The van der Waals surface area contributed by atoms with Gasteiger partial charge in [-0.3, -0.25) is 14.6 Å². The van der Waals surface area contributed by atoms with Crippen molar-refractivity contribution < 1.29 is 9.53 Å². The number of aromatic nitrogens is 1. The Balaban J connectivity index is 1.09. The second-order valence-corrected chi connectivity index (χ2v) is 9.53. The van der Waals surface area contributed by atoms with E-state index in [-0.39, 0.29) is 5.91 Å². The first-order valence-corrected chi connectivity index (χ1v) is 11.7. The monoisotopic (exact) mass is 436 g/mol. The molecular weight excluding hydrogens is 408 g/mol. The summed E-state index contributed by atoms with van der Waals surface area (Å²) in [6.45, 7) is 6.64. The lowest BCUT2D eigenvalue weighted by molar-refractivity contribution is -0.132. The Morgan fingerprint density at radius 2 is 1.94 bits per heavy atom. The zero-order valence-corrected chi connectivity index (χ0v) is 18.7. The molecule has 3 aromatic rings. The lowest BCUT2D eigenvalue weighted by Gasteiger charge is -2.35. The average molecular weight is 437 g/mol. The first-order valence-electron chi connectivity index (χ1n) is 10.9. The molecule has 1 fully saturated rings. The van der Waals surface area contributed by atoms with E-state index >= 15 is 0 Å². The Kier molecular flexibility index (Phi) is 5.89. The van der Waals surface area contributed by atoms with Crippen LogP contribution in [0.5, 0.6) is 5.75 Å². The molecule has 0 spiro atoms. The van der Waals surface area contributed by atoms with E-state index in [0.29, 0.717) is 13.1 Å². The molecule has 162 valence electrons. The first kappa shape index (κ1) is 20.4. The van der Waals surface area contributed by atoms with Gasteiger partial charge >= 0.3 is 0 Å². The summed E-state index contributed by atoms with van der Waals surface area (Å²) in [5.41, 5.74) is 3.69. The Morgan fingerprint density at radius 3 is 2.77 bits per heavy atom. The number of hydrogen-bond donors (Lipinski definition) is 0. The molecule has 0 unspecified atom stereocenters. The molecule has 1 aromatic heterocycles. The standard InChI is InChI=1S/C24H28N4O2S/c1-26(16-23-25-20-4-2-3-5-22(20)31-23)24(29)17-28-11-9-27(10-12-28)15-18-6-7-21-19(14-18)8-13-30-21/h2-7,14H,8-13,15-17H2,1H3. The highest BCUT2D eigenvalue weighted by atomic mass is 32.1. The van der Waals surface area contributed by atoms with Crippen LogP contribution in [0.3, 0.4) is 0 Å². The van der Waals surface area contributed by atoms with Crippen molar-refractivity contribution in [3.8, 4) is 5.75 Å². The molecule has 5 rings (SSSR count). The third-order valence-corrected chi connectivity index (χ3v) is 7.14. The highest BCUT2D eigenvalue weighted by Gasteiger charge is 2.22. The molecule has 1 amide bonds. The van der Waals surface area contributed by atoms with Gasteiger partial charge in [0.2, 0.25) is 5.91 Å². The fourth-order valence-corrected chi connectivity index (χ4v) is 5.31. The van der Waals surface area contributed by atoms with Crippen LogP contribution >= 0.6 is 11.3 Å². The van der Waals surface area contributed by atoms with Crippen LogP contribution in [0.4, 0.5) is 0 Å². The summed E-state index contributed by atoms with van der Waals surface area (Å²) in [5.74, 6) is 1.20. The van der Waals surface area contributed by atoms with Crippen molar-refractivity contribution >= 4 is 27.5 Å². The van der Waals surface area contributed by atoms with Gasteiger partial charge in [-0.1, -0.05) is 24.3 Å². The molecule has 0 bridgehead atoms. The lowest BCUT2D eigenvalue weighted by atomic mass is 10.1. The third kappa shape index (κ3) is 4.74. The summed E-state index contributed by atoms with van der Waals surface area (Å²) < 4.78 is 6.78. The van der Waals surface area contributed by atoms with Crippen molar-refractivity contribution in [1.82, 2.24) is 19.7 Å². The molecule has 7 heteroatoms. The van der Waals surface area contributed by atoms with E-state index in [0.717, 1.165) is 62.0 Å². The van der Waals surface area contributed by atoms with Crippen molar-refractivity contribution in [3.05, 3.63) is 58.6 Å². The van der Waals surface area contributed by atoms with Gasteiger partial charge in [-0.2, -0.15) is 0 Å². The number of hydrogen-bond acceptors (Lipinski definition) is 6. The highest BCUT2D eigenvalue weighted by molar-refractivity contribution is 7.18. The van der Waals surface area contributed by atoms with E-state index in [1.807, 2.05) is 25.2 Å². The third-order valence-electron chi connectivity index (χ3n) is 6.12. The number of ether oxygens (including phenoxy) is 1. The van der Waals surface area contributed by atoms with Crippen LogP contribution in [0.25, 0.3) is 10.2 Å². The SMILES string of the molecule is CN(Cc1nc2ccccc2s1)C(=O)CN1CCN(Cc2ccc3c(c2)CCO3)CC1. The van der Waals surface area contributed by atoms with Crippen molar-refractivity contribution in [2.75, 3.05) is 46.4 Å². The Morgan fingerprint density at radius 1 is 1.13 bits per heavy atom. The summed E-state index contributed by atoms with van der Waals surface area (Å²) in [6, 6.07) is 14.7. The lowest BCUT2D eigenvalue weighted by Crippen LogP contribution is -2.49. The molecule has 3 heterocycles. The van der Waals surface area contributed by atoms with E-state index in [9.17, 15) is 4.79 Å². The fourth-order valence-electron chi connectivity index (χ4n) is 4.29. The minimum absolute atomic E-state index is 0.159. The van der Waals surface area contributed by atoms with Crippen LogP contribution in [-0.4, -0.2) is 72.0 Å². The number of benzene rings is 2. The largest absolute Gasteiger partial charge is 0.493 e. The second-order valence-electron chi connectivity index (χ2n) is 8.42. The van der Waals surface area contributed by atoms with Gasteiger partial charge < -0.3 is 9.64 Å².